The summed E-state index contributed by atoms with van der Waals surface area (Å²) in [6.45, 7) is 5.56. The molecule has 1 unspecified atom stereocenters. The largest absolute Gasteiger partial charge is 0.366 e. The number of hydrogen-bond donors (Lipinski definition) is 1. The van der Waals surface area contributed by atoms with Gasteiger partial charge in [-0.05, 0) is 17.9 Å². The highest BCUT2D eigenvalue weighted by Crippen LogP contribution is 2.29. The SMILES string of the molecule is CCC1CNCCN1c1cccc2ccccc12. The number of nitrogens with zero attached hydrogens (tertiary/aromatic N) is 1. The van der Waals surface area contributed by atoms with Crippen LogP contribution in [0.1, 0.15) is 13.3 Å². The third-order valence-electron chi connectivity index (χ3n) is 3.90. The minimum Gasteiger partial charge on any atom is -0.366 e. The molecule has 1 atom stereocenters. The summed E-state index contributed by atoms with van der Waals surface area (Å²) < 4.78 is 0. The molecule has 0 radical (unpaired) electrons. The molecular weight excluding hydrogens is 220 g/mol. The molecule has 1 aliphatic rings. The molecule has 0 spiro atoms. The quantitative estimate of drug-likeness (QED) is 0.868. The molecule has 1 heterocycles. The van der Waals surface area contributed by atoms with Gasteiger partial charge in [-0.3, -0.25) is 0 Å². The first kappa shape index (κ1) is 11.5. The second kappa shape index (κ2) is 4.99. The van der Waals surface area contributed by atoms with E-state index in [2.05, 4.69) is 59.6 Å². The maximum atomic E-state index is 3.49. The van der Waals surface area contributed by atoms with Gasteiger partial charge in [-0.1, -0.05) is 43.3 Å². The summed E-state index contributed by atoms with van der Waals surface area (Å²) in [5.41, 5.74) is 1.39. The number of benzene rings is 2. The lowest BCUT2D eigenvalue weighted by atomic mass is 10.0. The average Bonchev–Trinajstić information content (AvgIpc) is 2.46. The molecule has 2 nitrogen and oxygen atoms in total. The van der Waals surface area contributed by atoms with Crippen LogP contribution in [0.25, 0.3) is 10.8 Å². The number of piperazine rings is 1. The number of nitrogens with one attached hydrogen (secondary N) is 1. The standard InChI is InChI=1S/C16H20N2/c1-2-14-12-17-10-11-18(14)16-9-5-7-13-6-3-4-8-15(13)16/h3-9,14,17H,2,10-12H2,1H3. The van der Waals surface area contributed by atoms with Crippen molar-refractivity contribution in [3.05, 3.63) is 42.5 Å². The van der Waals surface area contributed by atoms with Crippen molar-refractivity contribution in [2.24, 2.45) is 0 Å². The van der Waals surface area contributed by atoms with Crippen LogP contribution < -0.4 is 10.2 Å². The molecule has 3 rings (SSSR count). The summed E-state index contributed by atoms with van der Waals surface area (Å²) in [6, 6.07) is 15.9. The van der Waals surface area contributed by atoms with Crippen molar-refractivity contribution in [3.8, 4) is 0 Å². The van der Waals surface area contributed by atoms with Crippen molar-refractivity contribution in [2.45, 2.75) is 19.4 Å². The van der Waals surface area contributed by atoms with E-state index in [0.29, 0.717) is 6.04 Å². The average molecular weight is 240 g/mol. The summed E-state index contributed by atoms with van der Waals surface area (Å²) in [5.74, 6) is 0. The molecule has 94 valence electrons. The van der Waals surface area contributed by atoms with Crippen LogP contribution in [0.5, 0.6) is 0 Å². The lowest BCUT2D eigenvalue weighted by Crippen LogP contribution is -2.51. The maximum absolute atomic E-state index is 3.49. The molecule has 1 fully saturated rings. The molecule has 2 aromatic rings. The van der Waals surface area contributed by atoms with Crippen LogP contribution in [0.15, 0.2) is 42.5 Å². The van der Waals surface area contributed by atoms with Gasteiger partial charge in [-0.15, -0.1) is 0 Å². The predicted molar refractivity (Wildman–Crippen MR) is 78.2 cm³/mol. The van der Waals surface area contributed by atoms with Gasteiger partial charge in [0.2, 0.25) is 0 Å². The van der Waals surface area contributed by atoms with Crippen molar-refractivity contribution in [1.82, 2.24) is 5.32 Å². The van der Waals surface area contributed by atoms with E-state index in [4.69, 9.17) is 0 Å². The first-order chi connectivity index (χ1) is 8.90. The fourth-order valence-corrected chi connectivity index (χ4v) is 2.90. The molecule has 0 amide bonds. The third-order valence-corrected chi connectivity index (χ3v) is 3.90. The molecule has 1 aliphatic heterocycles. The smallest absolute Gasteiger partial charge is 0.0449 e. The molecule has 0 aliphatic carbocycles. The third kappa shape index (κ3) is 1.97. The molecule has 0 bridgehead atoms. The van der Waals surface area contributed by atoms with Gasteiger partial charge in [-0.2, -0.15) is 0 Å². The number of hydrogen-bond acceptors (Lipinski definition) is 2. The van der Waals surface area contributed by atoms with Gasteiger partial charge in [0.05, 0.1) is 0 Å². The fraction of sp³-hybridized carbons (Fsp3) is 0.375. The van der Waals surface area contributed by atoms with Gasteiger partial charge in [0, 0.05) is 36.7 Å². The summed E-state index contributed by atoms with van der Waals surface area (Å²) in [4.78, 5) is 2.57. The van der Waals surface area contributed by atoms with Gasteiger partial charge in [0.15, 0.2) is 0 Å². The Hall–Kier alpha value is -1.54. The highest BCUT2D eigenvalue weighted by Gasteiger charge is 2.21. The van der Waals surface area contributed by atoms with Crippen molar-refractivity contribution >= 4 is 16.5 Å². The number of anilines is 1. The highest BCUT2D eigenvalue weighted by atomic mass is 15.2. The Bertz CT molecular complexity index is 530. The van der Waals surface area contributed by atoms with Crippen LogP contribution in [0, 0.1) is 0 Å². The first-order valence-corrected chi connectivity index (χ1v) is 6.85. The van der Waals surface area contributed by atoms with Crippen LogP contribution in [-0.4, -0.2) is 25.7 Å². The normalized spacial score (nSPS) is 20.3. The Morgan fingerprint density at radius 3 is 2.89 bits per heavy atom. The molecule has 2 aromatic carbocycles. The van der Waals surface area contributed by atoms with Gasteiger partial charge in [-0.25, -0.2) is 0 Å². The van der Waals surface area contributed by atoms with Crippen molar-refractivity contribution in [2.75, 3.05) is 24.5 Å². The second-order valence-corrected chi connectivity index (χ2v) is 4.96. The summed E-state index contributed by atoms with van der Waals surface area (Å²) >= 11 is 0. The second-order valence-electron chi connectivity index (χ2n) is 4.96. The van der Waals surface area contributed by atoms with Gasteiger partial charge < -0.3 is 10.2 Å². The Kier molecular flexibility index (Phi) is 3.20. The van der Waals surface area contributed by atoms with E-state index >= 15 is 0 Å². The minimum absolute atomic E-state index is 0.615. The monoisotopic (exact) mass is 240 g/mol. The van der Waals surface area contributed by atoms with Crippen LogP contribution in [0.4, 0.5) is 5.69 Å². The van der Waals surface area contributed by atoms with Crippen molar-refractivity contribution in [3.63, 3.8) is 0 Å². The molecule has 0 aromatic heterocycles. The summed E-state index contributed by atoms with van der Waals surface area (Å²) in [7, 11) is 0. The lowest BCUT2D eigenvalue weighted by molar-refractivity contribution is 0.467. The topological polar surface area (TPSA) is 15.3 Å². The first-order valence-electron chi connectivity index (χ1n) is 6.85. The van der Waals surface area contributed by atoms with Crippen LogP contribution in [-0.2, 0) is 0 Å². The minimum atomic E-state index is 0.615. The van der Waals surface area contributed by atoms with E-state index in [0.717, 1.165) is 19.6 Å². The predicted octanol–water partition coefficient (Wildman–Crippen LogP) is 3.03. The molecule has 18 heavy (non-hydrogen) atoms. The zero-order chi connectivity index (χ0) is 12.4. The van der Waals surface area contributed by atoms with Crippen LogP contribution >= 0.6 is 0 Å². The zero-order valence-corrected chi connectivity index (χ0v) is 10.9. The number of rotatable bonds is 2. The van der Waals surface area contributed by atoms with Gasteiger partial charge in [0.25, 0.3) is 0 Å². The molecule has 1 saturated heterocycles. The summed E-state index contributed by atoms with van der Waals surface area (Å²) in [6.07, 6.45) is 1.19. The highest BCUT2D eigenvalue weighted by molar-refractivity contribution is 5.94. The van der Waals surface area contributed by atoms with Crippen LogP contribution in [0.2, 0.25) is 0 Å². The van der Waals surface area contributed by atoms with Crippen molar-refractivity contribution < 1.29 is 0 Å². The van der Waals surface area contributed by atoms with E-state index in [1.165, 1.54) is 22.9 Å². The Morgan fingerprint density at radius 1 is 1.17 bits per heavy atom. The zero-order valence-electron chi connectivity index (χ0n) is 10.9. The van der Waals surface area contributed by atoms with E-state index in [1.54, 1.807) is 0 Å². The van der Waals surface area contributed by atoms with E-state index < -0.39 is 0 Å². The van der Waals surface area contributed by atoms with E-state index in [-0.39, 0.29) is 0 Å². The molecule has 2 heteroatoms. The Labute approximate surface area is 109 Å². The van der Waals surface area contributed by atoms with Crippen LogP contribution in [0.3, 0.4) is 0 Å². The summed E-state index contributed by atoms with van der Waals surface area (Å²) in [5, 5.41) is 6.20. The van der Waals surface area contributed by atoms with Crippen molar-refractivity contribution in [1.29, 1.82) is 0 Å². The molecule has 1 N–H and O–H groups in total. The molecular formula is C16H20N2. The number of fused-ring (bicyclic) bond motifs is 1. The molecule has 0 saturated carbocycles. The fourth-order valence-electron chi connectivity index (χ4n) is 2.90. The Morgan fingerprint density at radius 2 is 2.00 bits per heavy atom. The van der Waals surface area contributed by atoms with E-state index in [1.807, 2.05) is 0 Å². The lowest BCUT2D eigenvalue weighted by Gasteiger charge is -2.38. The van der Waals surface area contributed by atoms with E-state index in [9.17, 15) is 0 Å². The maximum Gasteiger partial charge on any atom is 0.0449 e. The Balaban J connectivity index is 2.07. The van der Waals surface area contributed by atoms with Gasteiger partial charge >= 0.3 is 0 Å². The van der Waals surface area contributed by atoms with Gasteiger partial charge in [0.1, 0.15) is 0 Å².